The molecule has 1 unspecified atom stereocenters. The second kappa shape index (κ2) is 59.8. The van der Waals surface area contributed by atoms with Crippen LogP contribution < -0.4 is 15.1 Å². The standard InChI is InChI=1S/C20H42N2O5S.C12H24N2O4S.C12H19NO3S.C9H13NO3S.C7H17NO3S.C6H15NO3S.C5H13NO3S.C3H8O3S/c1-4-5-6-7-8-9-10-11-12-14-20(24)21-15-13-16-22(2,3)17-19(23)18-28(25,26)27;1-11(2)12(15)13-7-5-8-14(3,4)9-6-10-19(16,17)18;1-13(2,9-6-10-17(14,15)16)11-12-7-4-3-5-8-12;1-10(2,3)8-6-4-5-7-9(8)14(11,12)13;1-4-8(2,3)6-5-7-12(9,10)11;1-7(2,3)5-4-6-11(8,9)10;1-6(2,3)4-5-10(7,8)9;1-2-3-7(4,5)6/h19,23H,4-18H2,1-3H3,(H-,21,24,25,26,27);1,5-10H2,2-4H3,(H-,13,15,16,17,18);3-5,7-8H,6,9-11H2,1-2H3;4-7H,1-3H3;4-7H2,1-3H3;4-6H2,1-3H3;4-5H2,1-3H3;2-3H2,1H3,(H,4,5,6)/p-1. The molecule has 0 saturated heterocycles. The minimum atomic E-state index is -4.42. The Bertz CT molecular complexity index is 4060. The van der Waals surface area contributed by atoms with Gasteiger partial charge in [0.25, 0.3) is 0 Å². The largest absolute Gasteiger partial charge is 0.748 e. The minimum Gasteiger partial charge on any atom is -0.748 e. The average Bonchev–Trinajstić information content (AvgIpc) is 0.802. The van der Waals surface area contributed by atoms with Crippen LogP contribution in [0.4, 0.5) is 5.69 Å². The number of hydrogen-bond acceptors (Lipinski definition) is 27. The Hall–Kier alpha value is -3.92. The molecule has 2 amide bonds. The summed E-state index contributed by atoms with van der Waals surface area (Å²) in [6, 6.07) is 16.3. The Morgan fingerprint density at radius 1 is 0.390 bits per heavy atom. The maximum absolute atomic E-state index is 11.9. The van der Waals surface area contributed by atoms with Crippen LogP contribution in [0.15, 0.2) is 71.6 Å². The lowest BCUT2D eigenvalue weighted by atomic mass is 10.1. The zero-order valence-corrected chi connectivity index (χ0v) is 80.9. The zero-order valence-electron chi connectivity index (χ0n) is 74.4. The Morgan fingerprint density at radius 3 is 1.08 bits per heavy atom. The third kappa shape index (κ3) is 97.5. The summed E-state index contributed by atoms with van der Waals surface area (Å²) in [5.41, 5.74) is 2.19. The molecule has 0 bridgehead atoms. The van der Waals surface area contributed by atoms with Crippen LogP contribution in [0.25, 0.3) is 0 Å². The molecule has 1 atom stereocenters. The molecule has 44 heteroatoms. The van der Waals surface area contributed by atoms with Gasteiger partial charge in [-0.1, -0.05) is 114 Å². The van der Waals surface area contributed by atoms with Crippen LogP contribution in [0.1, 0.15) is 142 Å². The smallest absolute Gasteiger partial charge is 0.246 e. The molecule has 0 radical (unpaired) electrons. The van der Waals surface area contributed by atoms with E-state index < -0.39 is 92.8 Å². The number of carbonyl (C=O) groups is 2. The van der Waals surface area contributed by atoms with Crippen molar-refractivity contribution in [1.82, 2.24) is 15.1 Å². The fourth-order valence-corrected chi connectivity index (χ4v) is 14.9. The Morgan fingerprint density at radius 2 is 0.746 bits per heavy atom. The Labute approximate surface area is 713 Å². The van der Waals surface area contributed by atoms with Gasteiger partial charge in [-0.05, 0) is 32.8 Å². The highest BCUT2D eigenvalue weighted by atomic mass is 32.2. The highest BCUT2D eigenvalue weighted by molar-refractivity contribution is 7.87. The van der Waals surface area contributed by atoms with Crippen LogP contribution in [0.3, 0.4) is 0 Å². The van der Waals surface area contributed by atoms with Crippen molar-refractivity contribution < 1.29 is 145 Å². The summed E-state index contributed by atoms with van der Waals surface area (Å²) < 4.78 is 252. The van der Waals surface area contributed by atoms with Crippen molar-refractivity contribution in [3.8, 4) is 0 Å². The lowest BCUT2D eigenvalue weighted by molar-refractivity contribution is -0.903. The number of benzene rings is 2. The number of quaternary nitrogens is 7. The van der Waals surface area contributed by atoms with Gasteiger partial charge in [0.1, 0.15) is 50.0 Å². The average molecular weight is 1850 g/mol. The highest BCUT2D eigenvalue weighted by Gasteiger charge is 2.24. The summed E-state index contributed by atoms with van der Waals surface area (Å²) in [5, 5.41) is 15.4. The van der Waals surface area contributed by atoms with E-state index in [-0.39, 0.29) is 57.8 Å². The van der Waals surface area contributed by atoms with Gasteiger partial charge >= 0.3 is 0 Å². The first-order valence-electron chi connectivity index (χ1n) is 39.1. The van der Waals surface area contributed by atoms with E-state index in [0.29, 0.717) is 122 Å². The third-order valence-electron chi connectivity index (χ3n) is 16.8. The molecule has 0 spiro atoms. The molecule has 0 aliphatic heterocycles. The normalized spacial score (nSPS) is 13.0. The van der Waals surface area contributed by atoms with Crippen LogP contribution in [0.5, 0.6) is 0 Å². The van der Waals surface area contributed by atoms with Gasteiger partial charge < -0.3 is 79.1 Å². The molecule has 0 aromatic heterocycles. The number of aliphatic hydroxyl groups excluding tert-OH is 1. The van der Waals surface area contributed by atoms with Crippen LogP contribution in [0.2, 0.25) is 0 Å². The Balaban J connectivity index is -0.000000313. The van der Waals surface area contributed by atoms with E-state index in [1.807, 2.05) is 157 Å². The maximum atomic E-state index is 11.9. The SMILES string of the molecule is C=C(C)C(=O)NCCC[N+](C)(C)CCCS(=O)(=O)[O-].CCCCCCCCCCCC(=O)NCCC[N+](C)(C)CC(O)CS(=O)(=O)[O-].CCCS(=O)(=O)[O-].CC[N+](C)(C)CCCS(=O)(=O)[O-].C[N+](C)(C)CCCS(=O)(=O)[O-].C[N+](C)(C)CCS(=O)(=O)[O-].C[N+](C)(C)c1ccccc1S(=O)(=O)[O-].C[N+](C)(CCCS(=O)(=O)[O-])Cc1ccccc1. The lowest BCUT2D eigenvalue weighted by Gasteiger charge is -2.32. The van der Waals surface area contributed by atoms with Crippen LogP contribution in [-0.4, -0.2) is 386 Å². The van der Waals surface area contributed by atoms with Crippen molar-refractivity contribution in [3.05, 3.63) is 72.3 Å². The van der Waals surface area contributed by atoms with Gasteiger partial charge in [-0.3, -0.25) is 14.1 Å². The Kier molecular flexibility index (Phi) is 63.3. The minimum absolute atomic E-state index is 0.0748. The van der Waals surface area contributed by atoms with Gasteiger partial charge in [-0.2, -0.15) is 0 Å². The first-order valence-corrected chi connectivity index (χ1v) is 51.5. The highest BCUT2D eigenvalue weighted by Crippen LogP contribution is 2.26. The molecule has 0 aliphatic carbocycles. The molecule has 2 aromatic rings. The number of para-hydroxylation sites is 1. The number of amides is 2. The number of likely N-dealkylation sites (N-methyl/N-ethyl adjacent to an activating group) is 1. The van der Waals surface area contributed by atoms with Gasteiger partial charge in [-0.15, -0.1) is 0 Å². The molecular weight excluding hydrogens is 1700 g/mol. The first kappa shape index (κ1) is 125. The molecule has 36 nitrogen and oxygen atoms in total. The lowest BCUT2D eigenvalue weighted by Crippen LogP contribution is -2.48. The van der Waals surface area contributed by atoms with Gasteiger partial charge in [-0.25, -0.2) is 67.3 Å². The summed E-state index contributed by atoms with van der Waals surface area (Å²) >= 11 is 0. The van der Waals surface area contributed by atoms with Gasteiger partial charge in [0.2, 0.25) is 11.8 Å². The number of nitrogens with zero attached hydrogens (tertiary/aromatic N) is 7. The second-order valence-corrected chi connectivity index (χ2v) is 46.4. The first-order chi connectivity index (χ1) is 52.8. The molecule has 118 heavy (non-hydrogen) atoms. The second-order valence-electron chi connectivity index (χ2n) is 34.5. The number of rotatable bonds is 49. The van der Waals surface area contributed by atoms with E-state index in [1.54, 1.807) is 32.0 Å². The summed E-state index contributed by atoms with van der Waals surface area (Å²) in [6.45, 7) is 18.8. The molecule has 2 aromatic carbocycles. The number of hydrogen-bond donors (Lipinski definition) is 3. The van der Waals surface area contributed by atoms with Crippen LogP contribution >= 0.6 is 0 Å². The van der Waals surface area contributed by atoms with Crippen LogP contribution in [-0.2, 0) is 97.1 Å². The van der Waals surface area contributed by atoms with Crippen molar-refractivity contribution in [2.45, 2.75) is 154 Å². The summed E-state index contributed by atoms with van der Waals surface area (Å²) in [6.07, 6.45) is 14.0. The van der Waals surface area contributed by atoms with E-state index in [4.69, 9.17) is 0 Å². The van der Waals surface area contributed by atoms with Crippen molar-refractivity contribution in [2.75, 3.05) is 232 Å². The topological polar surface area (TPSA) is 536 Å². The van der Waals surface area contributed by atoms with Crippen molar-refractivity contribution >= 4 is 98.4 Å². The summed E-state index contributed by atoms with van der Waals surface area (Å²) in [4.78, 5) is 22.9. The van der Waals surface area contributed by atoms with Gasteiger partial charge in [0.15, 0.2) is 0 Å². The number of unbranched alkanes of at least 4 members (excludes halogenated alkanes) is 8. The van der Waals surface area contributed by atoms with Crippen molar-refractivity contribution in [3.63, 3.8) is 0 Å². The summed E-state index contributed by atoms with van der Waals surface area (Å²) in [5.74, 6) is -2.44. The van der Waals surface area contributed by atoms with Crippen LogP contribution in [0, 0.1) is 0 Å². The predicted molar refractivity (Wildman–Crippen MR) is 457 cm³/mol. The van der Waals surface area contributed by atoms with E-state index in [0.717, 1.165) is 56.3 Å². The van der Waals surface area contributed by atoms with E-state index in [9.17, 15) is 118 Å². The van der Waals surface area contributed by atoms with Crippen molar-refractivity contribution in [1.29, 1.82) is 0 Å². The molecule has 0 heterocycles. The summed E-state index contributed by atoms with van der Waals surface area (Å²) in [7, 11) is -0.399. The van der Waals surface area contributed by atoms with E-state index >= 15 is 0 Å². The fraction of sp³-hybridized carbons (Fsp3) is 0.784. The third-order valence-corrected chi connectivity index (χ3v) is 23.2. The van der Waals surface area contributed by atoms with E-state index in [2.05, 4.69) is 24.1 Å². The zero-order chi connectivity index (χ0) is 93.8. The maximum Gasteiger partial charge on any atom is 0.246 e. The number of aliphatic hydroxyl groups is 1. The van der Waals surface area contributed by atoms with Gasteiger partial charge in [0.05, 0.1) is 244 Å². The number of carbonyl (C=O) groups excluding carboxylic acids is 2. The molecule has 3 N–H and O–H groups in total. The molecular formula is C74H150N9O27S8-. The molecule has 0 fully saturated rings. The number of nitrogens with one attached hydrogen (secondary N) is 2. The predicted octanol–water partition coefficient (Wildman–Crippen LogP) is 3.29. The molecule has 0 aliphatic rings. The van der Waals surface area contributed by atoms with Gasteiger partial charge in [0, 0.05) is 104 Å². The monoisotopic (exact) mass is 1850 g/mol. The molecule has 2 rings (SSSR count). The van der Waals surface area contributed by atoms with E-state index in [1.165, 1.54) is 56.6 Å². The fourth-order valence-electron chi connectivity index (χ4n) is 10.2. The van der Waals surface area contributed by atoms with Crippen molar-refractivity contribution in [2.24, 2.45) is 0 Å². The molecule has 0 saturated carbocycles. The quantitative estimate of drug-likeness (QED) is 0.0370. The molecule has 702 valence electrons.